The summed E-state index contributed by atoms with van der Waals surface area (Å²) in [6.45, 7) is 1.28. The molecule has 2 heterocycles. The minimum atomic E-state index is -0.460. The molecule has 1 atom stereocenters. The Labute approximate surface area is 96.7 Å². The molecule has 15 heavy (non-hydrogen) atoms. The number of β-amino-alcohol motifs (C(OH)–C–C–N with tert-alkyl or cyclic N) is 1. The number of aliphatic hydroxyl groups excluding tert-OH is 1. The molecule has 1 aliphatic rings. The molecule has 0 amide bonds. The van der Waals surface area contributed by atoms with Crippen LogP contribution >= 0.6 is 23.1 Å². The smallest absolute Gasteiger partial charge is 0.244 e. The van der Waals surface area contributed by atoms with Crippen LogP contribution in [0.2, 0.25) is 5.02 Å². The van der Waals surface area contributed by atoms with E-state index in [1.807, 2.05) is 0 Å². The summed E-state index contributed by atoms with van der Waals surface area (Å²) in [6.07, 6.45) is 1.34. The van der Waals surface area contributed by atoms with Gasteiger partial charge in [0.2, 0.25) is 5.88 Å². The van der Waals surface area contributed by atoms with E-state index in [1.165, 1.54) is 18.6 Å². The molecular weight excluding hydrogens is 236 g/mol. The molecule has 0 radical (unpaired) electrons. The predicted molar refractivity (Wildman–Crippen MR) is 60.5 cm³/mol. The van der Waals surface area contributed by atoms with Gasteiger partial charge < -0.3 is 15.2 Å². The summed E-state index contributed by atoms with van der Waals surface area (Å²) in [5.74, 6) is 0.442. The van der Waals surface area contributed by atoms with E-state index in [1.54, 1.807) is 6.08 Å². The average Bonchev–Trinajstić information content (AvgIpc) is 2.59. The summed E-state index contributed by atoms with van der Waals surface area (Å²) in [6, 6.07) is 0. The molecule has 0 bridgehead atoms. The third-order valence-corrected chi connectivity index (χ3v) is 3.52. The number of rotatable bonds is 2. The largest absolute Gasteiger partial charge is 0.479 e. The van der Waals surface area contributed by atoms with Crippen LogP contribution in [0, 0.1) is 0 Å². The van der Waals surface area contributed by atoms with Gasteiger partial charge in [-0.1, -0.05) is 11.6 Å². The van der Waals surface area contributed by atoms with Gasteiger partial charge in [-0.25, -0.2) is 0 Å². The van der Waals surface area contributed by atoms with Crippen LogP contribution in [-0.2, 0) is 0 Å². The van der Waals surface area contributed by atoms with Crippen LogP contribution < -0.4 is 10.1 Å². The van der Waals surface area contributed by atoms with Crippen molar-refractivity contribution in [3.63, 3.8) is 0 Å². The highest BCUT2D eigenvalue weighted by atomic mass is 35.5. The van der Waals surface area contributed by atoms with Gasteiger partial charge in [-0.05, 0) is 23.2 Å². The lowest BCUT2D eigenvalue weighted by atomic mass is 10.1. The van der Waals surface area contributed by atoms with Gasteiger partial charge in [0.1, 0.15) is 5.02 Å². The summed E-state index contributed by atoms with van der Waals surface area (Å²) >= 11 is 7.36. The minimum Gasteiger partial charge on any atom is -0.479 e. The molecule has 82 valence electrons. The Morgan fingerprint density at radius 3 is 3.13 bits per heavy atom. The summed E-state index contributed by atoms with van der Waals surface area (Å²) < 4.78 is 9.07. The van der Waals surface area contributed by atoms with Crippen molar-refractivity contribution in [1.29, 1.82) is 0 Å². The molecule has 1 unspecified atom stereocenters. The standard InChI is InChI=1S/C9H11ClN2O2S/c1-14-9-7(10)8(15-12-9)5-2-6(13)4-11-3-5/h2,6,11,13H,3-4H2,1H3. The number of ether oxygens (including phenoxy) is 1. The fraction of sp³-hybridized carbons (Fsp3) is 0.444. The van der Waals surface area contributed by atoms with Gasteiger partial charge in [0.15, 0.2) is 0 Å². The molecule has 0 saturated heterocycles. The molecule has 0 aromatic carbocycles. The number of aromatic nitrogens is 1. The summed E-state index contributed by atoms with van der Waals surface area (Å²) in [5.41, 5.74) is 0.972. The van der Waals surface area contributed by atoms with Gasteiger partial charge in [-0.2, -0.15) is 4.37 Å². The van der Waals surface area contributed by atoms with Gasteiger partial charge >= 0.3 is 0 Å². The van der Waals surface area contributed by atoms with Gasteiger partial charge in [0.25, 0.3) is 0 Å². The first-order valence-corrected chi connectivity index (χ1v) is 5.66. The van der Waals surface area contributed by atoms with E-state index in [9.17, 15) is 5.11 Å². The zero-order valence-corrected chi connectivity index (χ0v) is 9.73. The SMILES string of the molecule is COc1nsc(C2=CC(O)CNC2)c1Cl. The highest BCUT2D eigenvalue weighted by molar-refractivity contribution is 7.08. The Morgan fingerprint density at radius 1 is 1.73 bits per heavy atom. The lowest BCUT2D eigenvalue weighted by Crippen LogP contribution is -2.31. The molecule has 0 spiro atoms. The number of nitrogens with zero attached hydrogens (tertiary/aromatic N) is 1. The third-order valence-electron chi connectivity index (χ3n) is 2.15. The van der Waals surface area contributed by atoms with E-state index in [-0.39, 0.29) is 0 Å². The Hall–Kier alpha value is -0.620. The first-order chi connectivity index (χ1) is 7.22. The fourth-order valence-corrected chi connectivity index (χ4v) is 2.61. The number of hydrogen-bond donors (Lipinski definition) is 2. The van der Waals surface area contributed by atoms with Crippen molar-refractivity contribution in [2.24, 2.45) is 0 Å². The zero-order chi connectivity index (χ0) is 10.8. The molecule has 1 aliphatic heterocycles. The summed E-state index contributed by atoms with van der Waals surface area (Å²) in [5, 5.41) is 13.1. The lowest BCUT2D eigenvalue weighted by molar-refractivity contribution is 0.217. The van der Waals surface area contributed by atoms with Crippen LogP contribution in [0.4, 0.5) is 0 Å². The van der Waals surface area contributed by atoms with Crippen LogP contribution in [0.5, 0.6) is 5.88 Å². The number of methoxy groups -OCH3 is 1. The molecule has 0 saturated carbocycles. The fourth-order valence-electron chi connectivity index (χ4n) is 1.45. The maximum atomic E-state index is 9.47. The second kappa shape index (κ2) is 4.49. The van der Waals surface area contributed by atoms with Crippen molar-refractivity contribution in [3.05, 3.63) is 16.0 Å². The molecule has 2 rings (SSSR count). The van der Waals surface area contributed by atoms with Crippen molar-refractivity contribution < 1.29 is 9.84 Å². The molecule has 1 aromatic heterocycles. The number of hydrogen-bond acceptors (Lipinski definition) is 5. The molecular formula is C9H11ClN2O2S. The van der Waals surface area contributed by atoms with Crippen molar-refractivity contribution in [3.8, 4) is 5.88 Å². The molecule has 6 heteroatoms. The van der Waals surface area contributed by atoms with Crippen molar-refractivity contribution >= 4 is 28.7 Å². The van der Waals surface area contributed by atoms with Crippen LogP contribution in [-0.4, -0.2) is 35.8 Å². The Morgan fingerprint density at radius 2 is 2.53 bits per heavy atom. The first-order valence-electron chi connectivity index (χ1n) is 4.51. The zero-order valence-electron chi connectivity index (χ0n) is 8.16. The Balaban J connectivity index is 2.32. The Kier molecular flexibility index (Phi) is 3.25. The first kappa shape index (κ1) is 10.9. The van der Waals surface area contributed by atoms with Crippen LogP contribution in [0.15, 0.2) is 6.08 Å². The van der Waals surface area contributed by atoms with Crippen molar-refractivity contribution in [2.75, 3.05) is 20.2 Å². The Bertz CT molecular complexity index is 391. The number of nitrogens with one attached hydrogen (secondary N) is 1. The molecule has 0 fully saturated rings. The quantitative estimate of drug-likeness (QED) is 0.822. The topological polar surface area (TPSA) is 54.4 Å². The lowest BCUT2D eigenvalue weighted by Gasteiger charge is -2.17. The van der Waals surface area contributed by atoms with Gasteiger partial charge in [0.05, 0.1) is 18.1 Å². The van der Waals surface area contributed by atoms with Crippen LogP contribution in [0.25, 0.3) is 5.57 Å². The highest BCUT2D eigenvalue weighted by Crippen LogP contribution is 2.35. The third kappa shape index (κ3) is 2.15. The van der Waals surface area contributed by atoms with E-state index in [2.05, 4.69) is 9.69 Å². The van der Waals surface area contributed by atoms with Crippen LogP contribution in [0.3, 0.4) is 0 Å². The van der Waals surface area contributed by atoms with Crippen molar-refractivity contribution in [2.45, 2.75) is 6.10 Å². The maximum absolute atomic E-state index is 9.47. The monoisotopic (exact) mass is 246 g/mol. The van der Waals surface area contributed by atoms with E-state index in [4.69, 9.17) is 16.3 Å². The van der Waals surface area contributed by atoms with Gasteiger partial charge in [0, 0.05) is 13.1 Å². The van der Waals surface area contributed by atoms with E-state index >= 15 is 0 Å². The molecule has 4 nitrogen and oxygen atoms in total. The van der Waals surface area contributed by atoms with E-state index in [0.29, 0.717) is 24.0 Å². The second-order valence-electron chi connectivity index (χ2n) is 3.23. The second-order valence-corrected chi connectivity index (χ2v) is 4.38. The molecule has 2 N–H and O–H groups in total. The highest BCUT2D eigenvalue weighted by Gasteiger charge is 2.19. The summed E-state index contributed by atoms with van der Waals surface area (Å²) in [4.78, 5) is 0.861. The molecule has 0 aliphatic carbocycles. The average molecular weight is 247 g/mol. The summed E-state index contributed by atoms with van der Waals surface area (Å²) in [7, 11) is 1.53. The van der Waals surface area contributed by atoms with Gasteiger partial charge in [-0.15, -0.1) is 0 Å². The minimum absolute atomic E-state index is 0.442. The van der Waals surface area contributed by atoms with E-state index < -0.39 is 6.10 Å². The normalized spacial score (nSPS) is 21.3. The van der Waals surface area contributed by atoms with Gasteiger partial charge in [-0.3, -0.25) is 0 Å². The van der Waals surface area contributed by atoms with E-state index in [0.717, 1.165) is 10.5 Å². The van der Waals surface area contributed by atoms with Crippen molar-refractivity contribution in [1.82, 2.24) is 9.69 Å². The number of aliphatic hydroxyl groups is 1. The predicted octanol–water partition coefficient (Wildman–Crippen LogP) is 1.15. The maximum Gasteiger partial charge on any atom is 0.244 e. The molecule has 1 aromatic rings. The van der Waals surface area contributed by atoms with Crippen LogP contribution in [0.1, 0.15) is 4.88 Å². The number of halogens is 1.